The Kier molecular flexibility index (Phi) is 8.75. The normalized spacial score (nSPS) is 11.4. The van der Waals surface area contributed by atoms with Crippen LogP contribution in [0.5, 0.6) is 17.5 Å². The summed E-state index contributed by atoms with van der Waals surface area (Å²) in [7, 11) is 1.62. The van der Waals surface area contributed by atoms with Crippen molar-refractivity contribution < 1.29 is 24.5 Å². The summed E-state index contributed by atoms with van der Waals surface area (Å²) in [6.07, 6.45) is 4.28. The van der Waals surface area contributed by atoms with Crippen molar-refractivity contribution in [2.45, 2.75) is 78.2 Å². The van der Waals surface area contributed by atoms with E-state index in [4.69, 9.17) is 4.74 Å². The van der Waals surface area contributed by atoms with Crippen LogP contribution in [0.25, 0.3) is 0 Å². The molecule has 32 heavy (non-hydrogen) atoms. The second-order valence-electron chi connectivity index (χ2n) is 8.58. The fourth-order valence-corrected chi connectivity index (χ4v) is 4.23. The second-order valence-corrected chi connectivity index (χ2v) is 8.58. The molecule has 2 N–H and O–H groups in total. The number of carbonyl (C=O) groups is 2. The molecule has 0 spiro atoms. The fraction of sp³-hybridized carbons (Fsp3) is 0.520. The van der Waals surface area contributed by atoms with Crippen LogP contribution in [-0.4, -0.2) is 33.7 Å². The SMILES string of the molecule is CCCC(C)(CCC)c1cc(O)n(CCCC(=O)Oc2ccccc2N(C)C(C)=O)c1O. The molecule has 0 atom stereocenters. The van der Waals surface area contributed by atoms with Crippen molar-refractivity contribution in [3.05, 3.63) is 35.9 Å². The molecule has 1 aromatic heterocycles. The predicted octanol–water partition coefficient (Wildman–Crippen LogP) is 5.13. The van der Waals surface area contributed by atoms with Crippen LogP contribution >= 0.6 is 0 Å². The zero-order chi connectivity index (χ0) is 23.9. The highest BCUT2D eigenvalue weighted by atomic mass is 16.5. The Balaban J connectivity index is 2.05. The average Bonchev–Trinajstić information content (AvgIpc) is 3.03. The highest BCUT2D eigenvalue weighted by molar-refractivity contribution is 5.93. The van der Waals surface area contributed by atoms with Crippen LogP contribution in [-0.2, 0) is 21.5 Å². The third kappa shape index (κ3) is 5.84. The lowest BCUT2D eigenvalue weighted by Gasteiger charge is -2.28. The molecule has 0 aliphatic rings. The van der Waals surface area contributed by atoms with Gasteiger partial charge in [-0.05, 0) is 36.8 Å². The van der Waals surface area contributed by atoms with E-state index in [9.17, 15) is 19.8 Å². The molecule has 176 valence electrons. The number of para-hydroxylation sites is 2. The van der Waals surface area contributed by atoms with Gasteiger partial charge in [-0.25, -0.2) is 0 Å². The monoisotopic (exact) mass is 444 g/mol. The van der Waals surface area contributed by atoms with E-state index < -0.39 is 5.97 Å². The fourth-order valence-electron chi connectivity index (χ4n) is 4.23. The van der Waals surface area contributed by atoms with Crippen molar-refractivity contribution in [2.24, 2.45) is 0 Å². The number of anilines is 1. The number of ether oxygens (including phenoxy) is 1. The summed E-state index contributed by atoms with van der Waals surface area (Å²) in [5, 5.41) is 21.2. The van der Waals surface area contributed by atoms with E-state index in [-0.39, 0.29) is 36.0 Å². The van der Waals surface area contributed by atoms with Crippen molar-refractivity contribution in [1.82, 2.24) is 4.57 Å². The number of hydrogen-bond donors (Lipinski definition) is 2. The number of hydrogen-bond acceptors (Lipinski definition) is 5. The van der Waals surface area contributed by atoms with E-state index in [0.29, 0.717) is 17.9 Å². The number of benzene rings is 1. The van der Waals surface area contributed by atoms with Gasteiger partial charge in [0.1, 0.15) is 0 Å². The van der Waals surface area contributed by atoms with Crippen LogP contribution in [0.15, 0.2) is 30.3 Å². The number of carbonyl (C=O) groups excluding carboxylic acids is 2. The third-order valence-corrected chi connectivity index (χ3v) is 5.99. The lowest BCUT2D eigenvalue weighted by Crippen LogP contribution is -2.24. The number of nitrogens with zero attached hydrogens (tertiary/aromatic N) is 2. The summed E-state index contributed by atoms with van der Waals surface area (Å²) in [6.45, 7) is 8.07. The molecule has 0 bridgehead atoms. The maximum atomic E-state index is 12.4. The molecular formula is C25H36N2O5. The van der Waals surface area contributed by atoms with Gasteiger partial charge in [0, 0.05) is 38.6 Å². The summed E-state index contributed by atoms with van der Waals surface area (Å²) in [6, 6.07) is 8.51. The Morgan fingerprint density at radius 1 is 1.12 bits per heavy atom. The standard InChI is InChI=1S/C25H36N2O5/c1-6-14-25(4,15-7-2)19-17-22(29)27(24(19)31)16-10-13-23(30)32-21-12-9-8-11-20(21)26(5)18(3)28/h8-9,11-12,17,29,31H,6-7,10,13-16H2,1-5H3. The highest BCUT2D eigenvalue weighted by Crippen LogP contribution is 2.42. The van der Waals surface area contributed by atoms with Gasteiger partial charge in [0.15, 0.2) is 17.5 Å². The smallest absolute Gasteiger partial charge is 0.311 e. The van der Waals surface area contributed by atoms with Crippen LogP contribution in [0.4, 0.5) is 5.69 Å². The van der Waals surface area contributed by atoms with Gasteiger partial charge in [-0.15, -0.1) is 0 Å². The molecule has 0 aliphatic carbocycles. The molecule has 0 unspecified atom stereocenters. The number of aromatic nitrogens is 1. The number of esters is 1. The number of rotatable bonds is 11. The van der Waals surface area contributed by atoms with E-state index in [2.05, 4.69) is 20.8 Å². The molecule has 1 amide bonds. The first-order chi connectivity index (χ1) is 15.1. The maximum absolute atomic E-state index is 12.4. The van der Waals surface area contributed by atoms with Gasteiger partial charge in [0.05, 0.1) is 5.69 Å². The summed E-state index contributed by atoms with van der Waals surface area (Å²) < 4.78 is 6.92. The molecule has 0 saturated carbocycles. The van der Waals surface area contributed by atoms with E-state index in [0.717, 1.165) is 31.2 Å². The van der Waals surface area contributed by atoms with Gasteiger partial charge in [-0.3, -0.25) is 14.2 Å². The van der Waals surface area contributed by atoms with Crippen molar-refractivity contribution in [2.75, 3.05) is 11.9 Å². The summed E-state index contributed by atoms with van der Waals surface area (Å²) in [4.78, 5) is 25.5. The first-order valence-electron chi connectivity index (χ1n) is 11.3. The minimum atomic E-state index is -0.442. The van der Waals surface area contributed by atoms with E-state index >= 15 is 0 Å². The van der Waals surface area contributed by atoms with Gasteiger partial charge in [-0.1, -0.05) is 45.7 Å². The van der Waals surface area contributed by atoms with Crippen LogP contribution < -0.4 is 9.64 Å². The van der Waals surface area contributed by atoms with Gasteiger partial charge >= 0.3 is 5.97 Å². The molecule has 1 heterocycles. The largest absolute Gasteiger partial charge is 0.494 e. The van der Waals surface area contributed by atoms with Crippen LogP contribution in [0.2, 0.25) is 0 Å². The molecule has 1 aromatic carbocycles. The Hall–Kier alpha value is -2.96. The first-order valence-corrected chi connectivity index (χ1v) is 11.3. The van der Waals surface area contributed by atoms with Crippen molar-refractivity contribution in [3.8, 4) is 17.5 Å². The van der Waals surface area contributed by atoms with E-state index in [1.165, 1.54) is 16.4 Å². The minimum absolute atomic E-state index is 0.00210. The molecule has 2 aromatic rings. The van der Waals surface area contributed by atoms with Crippen LogP contribution in [0, 0.1) is 0 Å². The molecule has 0 radical (unpaired) electrons. The van der Waals surface area contributed by atoms with Crippen LogP contribution in [0.1, 0.15) is 71.8 Å². The Bertz CT molecular complexity index is 928. The Labute approximate surface area is 190 Å². The number of aromatic hydroxyl groups is 2. The topological polar surface area (TPSA) is 92.0 Å². The third-order valence-electron chi connectivity index (χ3n) is 5.99. The van der Waals surface area contributed by atoms with Crippen molar-refractivity contribution in [3.63, 3.8) is 0 Å². The number of amides is 1. The van der Waals surface area contributed by atoms with E-state index in [1.807, 2.05) is 0 Å². The molecular weight excluding hydrogens is 408 g/mol. The minimum Gasteiger partial charge on any atom is -0.494 e. The zero-order valence-corrected chi connectivity index (χ0v) is 19.9. The zero-order valence-electron chi connectivity index (χ0n) is 19.9. The van der Waals surface area contributed by atoms with Gasteiger partial charge < -0.3 is 19.8 Å². The molecule has 0 fully saturated rings. The Morgan fingerprint density at radius 3 is 2.34 bits per heavy atom. The lowest BCUT2D eigenvalue weighted by molar-refractivity contribution is -0.134. The Morgan fingerprint density at radius 2 is 1.75 bits per heavy atom. The van der Waals surface area contributed by atoms with Gasteiger partial charge in [-0.2, -0.15) is 0 Å². The predicted molar refractivity (Wildman–Crippen MR) is 125 cm³/mol. The molecule has 0 saturated heterocycles. The van der Waals surface area contributed by atoms with Gasteiger partial charge in [0.2, 0.25) is 5.91 Å². The second kappa shape index (κ2) is 11.1. The summed E-state index contributed by atoms with van der Waals surface area (Å²) in [5.74, 6) is -0.228. The average molecular weight is 445 g/mol. The summed E-state index contributed by atoms with van der Waals surface area (Å²) in [5.41, 5.74) is 1.06. The van der Waals surface area contributed by atoms with E-state index in [1.54, 1.807) is 37.4 Å². The lowest BCUT2D eigenvalue weighted by atomic mass is 9.76. The maximum Gasteiger partial charge on any atom is 0.311 e. The first kappa shape index (κ1) is 25.3. The molecule has 2 rings (SSSR count). The van der Waals surface area contributed by atoms with Crippen molar-refractivity contribution >= 4 is 17.6 Å². The molecule has 0 aliphatic heterocycles. The van der Waals surface area contributed by atoms with Crippen LogP contribution in [0.3, 0.4) is 0 Å². The molecule has 7 nitrogen and oxygen atoms in total. The quantitative estimate of drug-likeness (QED) is 0.370. The summed E-state index contributed by atoms with van der Waals surface area (Å²) >= 11 is 0. The van der Waals surface area contributed by atoms with Gasteiger partial charge in [0.25, 0.3) is 0 Å². The van der Waals surface area contributed by atoms with Crippen molar-refractivity contribution in [1.29, 1.82) is 0 Å². The highest BCUT2D eigenvalue weighted by Gasteiger charge is 2.31. The molecule has 7 heteroatoms.